The number of anilines is 1. The van der Waals surface area contributed by atoms with Crippen LogP contribution in [0.15, 0.2) is 36.7 Å². The highest BCUT2D eigenvalue weighted by atomic mass is 16.5. The van der Waals surface area contributed by atoms with Gasteiger partial charge in [-0.3, -0.25) is 0 Å². The van der Waals surface area contributed by atoms with E-state index in [1.165, 1.54) is 5.56 Å². The molecule has 2 aromatic heterocycles. The summed E-state index contributed by atoms with van der Waals surface area (Å²) < 4.78 is 5.41. The number of morpholine rings is 1. The summed E-state index contributed by atoms with van der Waals surface area (Å²) in [6, 6.07) is 10.3. The van der Waals surface area contributed by atoms with E-state index in [0.29, 0.717) is 0 Å². The number of hydrogen-bond acceptors (Lipinski definition) is 5. The van der Waals surface area contributed by atoms with Gasteiger partial charge in [0, 0.05) is 19.5 Å². The molecule has 0 amide bonds. The van der Waals surface area contributed by atoms with E-state index >= 15 is 0 Å². The molecule has 0 saturated carbocycles. The smallest absolute Gasteiger partial charge is 0.183 e. The molecule has 0 radical (unpaired) electrons. The molecule has 4 rings (SSSR count). The first-order valence-corrected chi connectivity index (χ1v) is 7.46. The van der Waals surface area contributed by atoms with Gasteiger partial charge < -0.3 is 14.6 Å². The number of benzene rings is 1. The fourth-order valence-electron chi connectivity index (χ4n) is 2.75. The molecular formula is C16H17N5O. The lowest BCUT2D eigenvalue weighted by Crippen LogP contribution is -2.36. The van der Waals surface area contributed by atoms with Crippen molar-refractivity contribution in [1.82, 2.24) is 19.9 Å². The quantitative estimate of drug-likeness (QED) is 0.798. The minimum Gasteiger partial charge on any atom is -0.378 e. The number of nitrogens with one attached hydrogen (secondary N) is 1. The largest absolute Gasteiger partial charge is 0.378 e. The Morgan fingerprint density at radius 3 is 2.73 bits per heavy atom. The molecular weight excluding hydrogens is 278 g/mol. The van der Waals surface area contributed by atoms with Crippen molar-refractivity contribution in [3.63, 3.8) is 0 Å². The molecule has 1 fully saturated rings. The Kier molecular flexibility index (Phi) is 3.44. The van der Waals surface area contributed by atoms with Gasteiger partial charge in [0.1, 0.15) is 17.7 Å². The normalized spacial score (nSPS) is 15.4. The number of aromatic nitrogens is 4. The molecule has 0 bridgehead atoms. The lowest BCUT2D eigenvalue weighted by atomic mass is 10.1. The van der Waals surface area contributed by atoms with E-state index in [4.69, 9.17) is 4.74 Å². The third-order valence-corrected chi connectivity index (χ3v) is 3.84. The lowest BCUT2D eigenvalue weighted by Gasteiger charge is -2.27. The lowest BCUT2D eigenvalue weighted by molar-refractivity contribution is 0.122. The molecule has 0 atom stereocenters. The summed E-state index contributed by atoms with van der Waals surface area (Å²) in [6.07, 6.45) is 2.35. The summed E-state index contributed by atoms with van der Waals surface area (Å²) in [5, 5.41) is 0. The number of ether oxygens (including phenoxy) is 1. The number of imidazole rings is 1. The van der Waals surface area contributed by atoms with Gasteiger partial charge in [0.15, 0.2) is 11.5 Å². The van der Waals surface area contributed by atoms with E-state index in [2.05, 4.69) is 37.0 Å². The van der Waals surface area contributed by atoms with Crippen molar-refractivity contribution in [2.45, 2.75) is 6.42 Å². The average Bonchev–Trinajstić information content (AvgIpc) is 2.99. The summed E-state index contributed by atoms with van der Waals surface area (Å²) in [6.45, 7) is 3.16. The monoisotopic (exact) mass is 295 g/mol. The van der Waals surface area contributed by atoms with Gasteiger partial charge in [0.25, 0.3) is 0 Å². The van der Waals surface area contributed by atoms with Crippen LogP contribution in [0, 0.1) is 0 Å². The Morgan fingerprint density at radius 1 is 1.09 bits per heavy atom. The summed E-state index contributed by atoms with van der Waals surface area (Å²) >= 11 is 0. The predicted octanol–water partition coefficient (Wildman–Crippen LogP) is 1.78. The Labute approximate surface area is 128 Å². The molecule has 6 nitrogen and oxygen atoms in total. The van der Waals surface area contributed by atoms with Crippen molar-refractivity contribution in [3.05, 3.63) is 48.0 Å². The highest BCUT2D eigenvalue weighted by Crippen LogP contribution is 2.22. The third kappa shape index (κ3) is 2.53. The van der Waals surface area contributed by atoms with Gasteiger partial charge in [-0.15, -0.1) is 0 Å². The molecule has 1 aliphatic rings. The van der Waals surface area contributed by atoms with Crippen molar-refractivity contribution in [3.8, 4) is 0 Å². The summed E-state index contributed by atoms with van der Waals surface area (Å²) in [5.74, 6) is 1.83. The number of fused-ring (bicyclic) bond motifs is 1. The van der Waals surface area contributed by atoms with Crippen molar-refractivity contribution in [2.24, 2.45) is 0 Å². The highest BCUT2D eigenvalue weighted by molar-refractivity contribution is 5.83. The van der Waals surface area contributed by atoms with Crippen LogP contribution in [0.3, 0.4) is 0 Å². The Hall–Kier alpha value is -2.47. The second-order valence-corrected chi connectivity index (χ2v) is 5.34. The van der Waals surface area contributed by atoms with Crippen LogP contribution in [0.25, 0.3) is 11.2 Å². The number of hydrogen-bond donors (Lipinski definition) is 1. The first-order valence-electron chi connectivity index (χ1n) is 7.46. The first kappa shape index (κ1) is 13.2. The number of nitrogens with zero attached hydrogens (tertiary/aromatic N) is 4. The zero-order chi connectivity index (χ0) is 14.8. The minimum absolute atomic E-state index is 0.724. The molecule has 0 aliphatic carbocycles. The van der Waals surface area contributed by atoms with Gasteiger partial charge in [0.05, 0.1) is 13.2 Å². The molecule has 3 aromatic rings. The molecule has 3 heterocycles. The summed E-state index contributed by atoms with van der Waals surface area (Å²) in [7, 11) is 0. The zero-order valence-electron chi connectivity index (χ0n) is 12.2. The molecule has 112 valence electrons. The average molecular weight is 295 g/mol. The topological polar surface area (TPSA) is 66.9 Å². The molecule has 1 saturated heterocycles. The maximum absolute atomic E-state index is 5.41. The maximum Gasteiger partial charge on any atom is 0.183 e. The second kappa shape index (κ2) is 5.73. The van der Waals surface area contributed by atoms with E-state index in [-0.39, 0.29) is 0 Å². The fraction of sp³-hybridized carbons (Fsp3) is 0.312. The molecule has 6 heteroatoms. The molecule has 0 spiro atoms. The van der Waals surface area contributed by atoms with Crippen LogP contribution in [0.5, 0.6) is 0 Å². The third-order valence-electron chi connectivity index (χ3n) is 3.84. The van der Waals surface area contributed by atoms with E-state index in [1.54, 1.807) is 6.33 Å². The van der Waals surface area contributed by atoms with Crippen molar-refractivity contribution in [1.29, 1.82) is 0 Å². The fourth-order valence-corrected chi connectivity index (χ4v) is 2.75. The molecule has 1 N–H and O–H groups in total. The van der Waals surface area contributed by atoms with Crippen molar-refractivity contribution in [2.75, 3.05) is 31.2 Å². The molecule has 0 unspecified atom stereocenters. The van der Waals surface area contributed by atoms with Gasteiger partial charge >= 0.3 is 0 Å². The van der Waals surface area contributed by atoms with E-state index < -0.39 is 0 Å². The molecule has 1 aliphatic heterocycles. The van der Waals surface area contributed by atoms with E-state index in [9.17, 15) is 0 Å². The van der Waals surface area contributed by atoms with Crippen LogP contribution < -0.4 is 4.90 Å². The SMILES string of the molecule is c1ccc(Cc2nc3ncnc(N4CCOCC4)c3[nH]2)cc1. The van der Waals surface area contributed by atoms with Crippen LogP contribution in [-0.2, 0) is 11.2 Å². The summed E-state index contributed by atoms with van der Waals surface area (Å²) in [5.41, 5.74) is 2.86. The van der Waals surface area contributed by atoms with Crippen molar-refractivity contribution >= 4 is 17.0 Å². The van der Waals surface area contributed by atoms with Gasteiger partial charge in [0.2, 0.25) is 0 Å². The molecule has 22 heavy (non-hydrogen) atoms. The Morgan fingerprint density at radius 2 is 1.91 bits per heavy atom. The van der Waals surface area contributed by atoms with Crippen LogP contribution in [0.1, 0.15) is 11.4 Å². The van der Waals surface area contributed by atoms with Crippen molar-refractivity contribution < 1.29 is 4.74 Å². The maximum atomic E-state index is 5.41. The number of rotatable bonds is 3. The van der Waals surface area contributed by atoms with Crippen LogP contribution in [0.2, 0.25) is 0 Å². The second-order valence-electron chi connectivity index (χ2n) is 5.34. The van der Waals surface area contributed by atoms with E-state index in [1.807, 2.05) is 18.2 Å². The zero-order valence-corrected chi connectivity index (χ0v) is 12.2. The highest BCUT2D eigenvalue weighted by Gasteiger charge is 2.18. The summed E-state index contributed by atoms with van der Waals surface area (Å²) in [4.78, 5) is 18.9. The van der Waals surface area contributed by atoms with Gasteiger partial charge in [-0.25, -0.2) is 15.0 Å². The molecule has 1 aromatic carbocycles. The van der Waals surface area contributed by atoms with Crippen LogP contribution in [0.4, 0.5) is 5.82 Å². The van der Waals surface area contributed by atoms with Gasteiger partial charge in [-0.2, -0.15) is 0 Å². The minimum atomic E-state index is 0.724. The van der Waals surface area contributed by atoms with Gasteiger partial charge in [-0.1, -0.05) is 30.3 Å². The standard InChI is InChI=1S/C16H17N5O/c1-2-4-12(5-3-1)10-13-19-14-15(20-13)17-11-18-16(14)21-6-8-22-9-7-21/h1-5,11H,6-10H2,(H,17,18,19,20). The predicted molar refractivity (Wildman–Crippen MR) is 84.0 cm³/mol. The Bertz CT molecular complexity index is 765. The number of H-pyrrole nitrogens is 1. The van der Waals surface area contributed by atoms with E-state index in [0.717, 1.165) is 55.5 Å². The van der Waals surface area contributed by atoms with Crippen LogP contribution in [-0.4, -0.2) is 46.2 Å². The first-order chi connectivity index (χ1) is 10.9. The number of aromatic amines is 1. The van der Waals surface area contributed by atoms with Gasteiger partial charge in [-0.05, 0) is 5.56 Å². The Balaban J connectivity index is 1.68. The van der Waals surface area contributed by atoms with Crippen LogP contribution >= 0.6 is 0 Å².